The van der Waals surface area contributed by atoms with Crippen molar-refractivity contribution in [1.82, 2.24) is 0 Å². The van der Waals surface area contributed by atoms with Gasteiger partial charge in [-0.1, -0.05) is 25.4 Å². The molecule has 0 spiro atoms. The van der Waals surface area contributed by atoms with Crippen LogP contribution in [0.3, 0.4) is 0 Å². The number of methoxy groups -OCH3 is 1. The van der Waals surface area contributed by atoms with Gasteiger partial charge in [-0.25, -0.2) is 0 Å². The second-order valence-corrected chi connectivity index (χ2v) is 6.68. The molecule has 2 rings (SSSR count). The number of rotatable bonds is 6. The fourth-order valence-electron chi connectivity index (χ4n) is 2.41. The Hall–Kier alpha value is -2.41. The highest BCUT2D eigenvalue weighted by Gasteiger charge is 2.31. The van der Waals surface area contributed by atoms with E-state index in [0.717, 1.165) is 12.1 Å². The number of ether oxygens (including phenoxy) is 1. The summed E-state index contributed by atoms with van der Waals surface area (Å²) < 4.78 is 43.4. The molecule has 0 unspecified atom stereocenters. The number of hydrogen-bond donors (Lipinski definition) is 2. The van der Waals surface area contributed by atoms with Crippen molar-refractivity contribution in [3.05, 3.63) is 53.1 Å². The Morgan fingerprint density at radius 2 is 1.74 bits per heavy atom. The molecule has 1 amide bonds. The molecule has 1 atom stereocenters. The molecule has 2 aromatic carbocycles. The van der Waals surface area contributed by atoms with Crippen LogP contribution in [0.4, 0.5) is 24.5 Å². The zero-order valence-corrected chi connectivity index (χ0v) is 15.8. The van der Waals surface area contributed by atoms with Gasteiger partial charge < -0.3 is 15.4 Å². The second kappa shape index (κ2) is 8.52. The van der Waals surface area contributed by atoms with Crippen LogP contribution >= 0.6 is 11.6 Å². The Kier molecular flexibility index (Phi) is 6.59. The van der Waals surface area contributed by atoms with Gasteiger partial charge in [-0.2, -0.15) is 13.2 Å². The second-order valence-electron chi connectivity index (χ2n) is 6.28. The summed E-state index contributed by atoms with van der Waals surface area (Å²) in [7, 11) is 1.54. The van der Waals surface area contributed by atoms with Crippen LogP contribution in [-0.2, 0) is 11.0 Å². The summed E-state index contributed by atoms with van der Waals surface area (Å²) in [6.07, 6.45) is -4.48. The Morgan fingerprint density at radius 1 is 1.11 bits per heavy atom. The van der Waals surface area contributed by atoms with Crippen LogP contribution in [0.1, 0.15) is 19.4 Å². The molecule has 0 aliphatic carbocycles. The highest BCUT2D eigenvalue weighted by atomic mass is 35.5. The van der Waals surface area contributed by atoms with E-state index < -0.39 is 17.8 Å². The van der Waals surface area contributed by atoms with Crippen molar-refractivity contribution in [3.8, 4) is 5.75 Å². The molecule has 8 heteroatoms. The zero-order chi connectivity index (χ0) is 20.2. The first kappa shape index (κ1) is 20.9. The van der Waals surface area contributed by atoms with E-state index in [0.29, 0.717) is 11.4 Å². The minimum absolute atomic E-state index is 0.104. The van der Waals surface area contributed by atoms with Crippen LogP contribution in [0, 0.1) is 5.92 Å². The first-order chi connectivity index (χ1) is 12.6. The summed E-state index contributed by atoms with van der Waals surface area (Å²) >= 11 is 5.97. The Morgan fingerprint density at radius 3 is 2.22 bits per heavy atom. The number of carbonyl (C=O) groups is 1. The number of carbonyl (C=O) groups excluding carboxylic acids is 1. The molecule has 146 valence electrons. The zero-order valence-electron chi connectivity index (χ0n) is 15.0. The maximum absolute atomic E-state index is 12.8. The minimum Gasteiger partial charge on any atom is -0.497 e. The van der Waals surface area contributed by atoms with Crippen molar-refractivity contribution >= 4 is 28.9 Å². The van der Waals surface area contributed by atoms with Crippen molar-refractivity contribution in [1.29, 1.82) is 0 Å². The van der Waals surface area contributed by atoms with Gasteiger partial charge in [0.1, 0.15) is 11.8 Å². The average molecular weight is 401 g/mol. The lowest BCUT2D eigenvalue weighted by Crippen LogP contribution is -2.39. The molecule has 0 bridgehead atoms. The SMILES string of the molecule is COc1ccc(NC(=O)[C@@H](Nc2ccc(C(F)(F)F)cc2Cl)C(C)C)cc1. The van der Waals surface area contributed by atoms with Crippen LogP contribution in [-0.4, -0.2) is 19.1 Å². The van der Waals surface area contributed by atoms with Crippen molar-refractivity contribution in [3.63, 3.8) is 0 Å². The van der Waals surface area contributed by atoms with Crippen LogP contribution in [0.5, 0.6) is 5.75 Å². The molecule has 2 N–H and O–H groups in total. The maximum Gasteiger partial charge on any atom is 0.416 e. The first-order valence-corrected chi connectivity index (χ1v) is 8.58. The molecular weight excluding hydrogens is 381 g/mol. The van der Waals surface area contributed by atoms with Gasteiger partial charge in [0.05, 0.1) is 23.4 Å². The summed E-state index contributed by atoms with van der Waals surface area (Å²) in [6.45, 7) is 3.65. The Labute approximate surface area is 160 Å². The standard InChI is InChI=1S/C19H20ClF3N2O2/c1-11(2)17(18(26)24-13-5-7-14(27-3)8-6-13)25-16-9-4-12(10-15(16)20)19(21,22)23/h4-11,17,25H,1-3H3,(H,24,26)/t17-/m0/s1. The molecule has 0 aromatic heterocycles. The number of alkyl halides is 3. The lowest BCUT2D eigenvalue weighted by Gasteiger charge is -2.24. The molecule has 0 radical (unpaired) electrons. The van der Waals surface area contributed by atoms with Gasteiger partial charge in [-0.05, 0) is 48.4 Å². The summed E-state index contributed by atoms with van der Waals surface area (Å²) in [6, 6.07) is 9.09. The van der Waals surface area contributed by atoms with Crippen LogP contribution in [0.2, 0.25) is 5.02 Å². The molecule has 0 aliphatic heterocycles. The van der Waals surface area contributed by atoms with E-state index in [-0.39, 0.29) is 22.5 Å². The summed E-state index contributed by atoms with van der Waals surface area (Å²) in [5.74, 6) is 0.191. The third-order valence-corrected chi connectivity index (χ3v) is 4.23. The minimum atomic E-state index is -4.48. The normalized spacial score (nSPS) is 12.6. The molecule has 4 nitrogen and oxygen atoms in total. The Balaban J connectivity index is 2.16. The lowest BCUT2D eigenvalue weighted by atomic mass is 10.0. The summed E-state index contributed by atoms with van der Waals surface area (Å²) in [4.78, 5) is 12.6. The molecule has 0 saturated heterocycles. The highest BCUT2D eigenvalue weighted by molar-refractivity contribution is 6.33. The lowest BCUT2D eigenvalue weighted by molar-refractivity contribution is -0.137. The molecule has 0 saturated carbocycles. The van der Waals surface area contributed by atoms with E-state index >= 15 is 0 Å². The number of halogens is 4. The van der Waals surface area contributed by atoms with Gasteiger partial charge in [-0.15, -0.1) is 0 Å². The quantitative estimate of drug-likeness (QED) is 0.678. The highest BCUT2D eigenvalue weighted by Crippen LogP contribution is 2.34. The molecule has 27 heavy (non-hydrogen) atoms. The van der Waals surface area contributed by atoms with Gasteiger partial charge in [0.25, 0.3) is 0 Å². The van der Waals surface area contributed by atoms with Crippen molar-refractivity contribution in [2.75, 3.05) is 17.7 Å². The van der Waals surface area contributed by atoms with Crippen LogP contribution < -0.4 is 15.4 Å². The van der Waals surface area contributed by atoms with Crippen LogP contribution in [0.25, 0.3) is 0 Å². The first-order valence-electron chi connectivity index (χ1n) is 8.20. The number of anilines is 2. The third-order valence-electron chi connectivity index (χ3n) is 3.91. The number of nitrogens with one attached hydrogen (secondary N) is 2. The van der Waals surface area contributed by atoms with Gasteiger partial charge in [0.2, 0.25) is 5.91 Å². The smallest absolute Gasteiger partial charge is 0.416 e. The number of benzene rings is 2. The number of amides is 1. The van der Waals surface area contributed by atoms with Crippen molar-refractivity contribution in [2.45, 2.75) is 26.1 Å². The van der Waals surface area contributed by atoms with E-state index in [4.69, 9.17) is 16.3 Å². The average Bonchev–Trinajstić information content (AvgIpc) is 2.60. The van der Waals surface area contributed by atoms with Gasteiger partial charge in [0, 0.05) is 5.69 Å². The van der Waals surface area contributed by atoms with Gasteiger partial charge >= 0.3 is 6.18 Å². The van der Waals surface area contributed by atoms with E-state index in [2.05, 4.69) is 10.6 Å². The molecular formula is C19H20ClF3N2O2. The van der Waals surface area contributed by atoms with Gasteiger partial charge in [-0.3, -0.25) is 4.79 Å². The molecule has 0 aliphatic rings. The fraction of sp³-hybridized carbons (Fsp3) is 0.316. The topological polar surface area (TPSA) is 50.4 Å². The molecule has 0 fully saturated rings. The van der Waals surface area contributed by atoms with E-state index in [1.165, 1.54) is 6.07 Å². The van der Waals surface area contributed by atoms with E-state index in [1.807, 2.05) is 13.8 Å². The van der Waals surface area contributed by atoms with Crippen molar-refractivity contribution < 1.29 is 22.7 Å². The van der Waals surface area contributed by atoms with Crippen molar-refractivity contribution in [2.24, 2.45) is 5.92 Å². The summed E-state index contributed by atoms with van der Waals surface area (Å²) in [5.41, 5.74) is -0.0122. The fourth-order valence-corrected chi connectivity index (χ4v) is 2.64. The van der Waals surface area contributed by atoms with E-state index in [1.54, 1.807) is 31.4 Å². The largest absolute Gasteiger partial charge is 0.497 e. The number of hydrogen-bond acceptors (Lipinski definition) is 3. The maximum atomic E-state index is 12.8. The molecule has 2 aromatic rings. The third kappa shape index (κ3) is 5.53. The van der Waals surface area contributed by atoms with Crippen LogP contribution in [0.15, 0.2) is 42.5 Å². The predicted molar refractivity (Wildman–Crippen MR) is 100 cm³/mol. The Bertz CT molecular complexity index is 793. The van der Waals surface area contributed by atoms with E-state index in [9.17, 15) is 18.0 Å². The molecule has 0 heterocycles. The monoisotopic (exact) mass is 400 g/mol. The predicted octanol–water partition coefficient (Wildman–Crippen LogP) is 5.44. The summed E-state index contributed by atoms with van der Waals surface area (Å²) in [5, 5.41) is 5.60. The van der Waals surface area contributed by atoms with Gasteiger partial charge in [0.15, 0.2) is 0 Å².